The van der Waals surface area contributed by atoms with E-state index in [2.05, 4.69) is 5.32 Å². The standard InChI is InChI=1S/C15H19N3O5/c1-10-12(3-2-4-13(10)18(22)23)16-14(19)6-8-17-7-5-11(9-17)15(20)21/h2-4,11H,5-9H2,1H3,(H,16,19)(H,20,21). The summed E-state index contributed by atoms with van der Waals surface area (Å²) in [5.41, 5.74) is 0.804. The van der Waals surface area contributed by atoms with E-state index in [1.54, 1.807) is 13.0 Å². The molecule has 0 aromatic heterocycles. The monoisotopic (exact) mass is 321 g/mol. The van der Waals surface area contributed by atoms with Crippen molar-refractivity contribution in [3.05, 3.63) is 33.9 Å². The normalized spacial score (nSPS) is 17.9. The van der Waals surface area contributed by atoms with Crippen molar-refractivity contribution in [3.63, 3.8) is 0 Å². The fraction of sp³-hybridized carbons (Fsp3) is 0.467. The van der Waals surface area contributed by atoms with Crippen LogP contribution in [0.5, 0.6) is 0 Å². The average Bonchev–Trinajstić information content (AvgIpc) is 2.96. The molecule has 0 spiro atoms. The SMILES string of the molecule is Cc1c(NC(=O)CCN2CCC(C(=O)O)C2)cccc1[N+](=O)[O-]. The predicted octanol–water partition coefficient (Wildman–Crippen LogP) is 1.64. The number of carboxylic acid groups (broad SMARTS) is 1. The molecule has 2 rings (SSSR count). The van der Waals surface area contributed by atoms with Crippen LogP contribution < -0.4 is 5.32 Å². The van der Waals surface area contributed by atoms with Crippen molar-refractivity contribution >= 4 is 23.3 Å². The van der Waals surface area contributed by atoms with Crippen LogP contribution in [0, 0.1) is 23.0 Å². The lowest BCUT2D eigenvalue weighted by Gasteiger charge is -2.15. The number of aliphatic carboxylic acids is 1. The largest absolute Gasteiger partial charge is 0.481 e. The van der Waals surface area contributed by atoms with E-state index in [4.69, 9.17) is 5.11 Å². The maximum absolute atomic E-state index is 12.0. The zero-order valence-corrected chi connectivity index (χ0v) is 12.8. The smallest absolute Gasteiger partial charge is 0.307 e. The van der Waals surface area contributed by atoms with Gasteiger partial charge in [0.25, 0.3) is 5.69 Å². The number of carbonyl (C=O) groups is 2. The summed E-state index contributed by atoms with van der Waals surface area (Å²) in [5.74, 6) is -1.41. The minimum absolute atomic E-state index is 0.0355. The minimum atomic E-state index is -0.802. The predicted molar refractivity (Wildman–Crippen MR) is 83.3 cm³/mol. The van der Waals surface area contributed by atoms with Crippen molar-refractivity contribution in [3.8, 4) is 0 Å². The highest BCUT2D eigenvalue weighted by molar-refractivity contribution is 5.92. The number of nitrogens with zero attached hydrogens (tertiary/aromatic N) is 2. The molecule has 1 heterocycles. The summed E-state index contributed by atoms with van der Waals surface area (Å²) in [6.07, 6.45) is 0.815. The third kappa shape index (κ3) is 4.26. The fourth-order valence-corrected chi connectivity index (χ4v) is 2.67. The Morgan fingerprint density at radius 2 is 2.22 bits per heavy atom. The van der Waals surface area contributed by atoms with E-state index < -0.39 is 10.9 Å². The molecule has 1 fully saturated rings. The molecule has 0 bridgehead atoms. The average molecular weight is 321 g/mol. The van der Waals surface area contributed by atoms with Crippen molar-refractivity contribution in [1.29, 1.82) is 0 Å². The number of rotatable bonds is 6. The first-order valence-corrected chi connectivity index (χ1v) is 7.37. The molecule has 0 aliphatic carbocycles. The molecule has 8 nitrogen and oxygen atoms in total. The molecular formula is C15H19N3O5. The van der Waals surface area contributed by atoms with Gasteiger partial charge in [-0.15, -0.1) is 0 Å². The summed E-state index contributed by atoms with van der Waals surface area (Å²) in [6.45, 7) is 3.19. The summed E-state index contributed by atoms with van der Waals surface area (Å²) >= 11 is 0. The molecule has 23 heavy (non-hydrogen) atoms. The number of carbonyl (C=O) groups excluding carboxylic acids is 1. The minimum Gasteiger partial charge on any atom is -0.481 e. The Bertz CT molecular complexity index is 632. The van der Waals surface area contributed by atoms with Gasteiger partial charge in [-0.2, -0.15) is 0 Å². The van der Waals surface area contributed by atoms with Crippen LogP contribution in [0.15, 0.2) is 18.2 Å². The van der Waals surface area contributed by atoms with Crippen molar-refractivity contribution in [2.75, 3.05) is 25.0 Å². The number of nitro groups is 1. The number of hydrogen-bond acceptors (Lipinski definition) is 5. The van der Waals surface area contributed by atoms with Crippen LogP contribution in [0.4, 0.5) is 11.4 Å². The Morgan fingerprint density at radius 1 is 1.48 bits per heavy atom. The van der Waals surface area contributed by atoms with Crippen molar-refractivity contribution in [2.45, 2.75) is 19.8 Å². The Morgan fingerprint density at radius 3 is 2.83 bits per heavy atom. The highest BCUT2D eigenvalue weighted by Gasteiger charge is 2.27. The number of carboxylic acids is 1. The van der Waals surface area contributed by atoms with Gasteiger partial charge in [0.1, 0.15) is 0 Å². The number of anilines is 1. The van der Waals surface area contributed by atoms with E-state index in [1.165, 1.54) is 12.1 Å². The molecule has 1 aliphatic heterocycles. The summed E-state index contributed by atoms with van der Waals surface area (Å²) < 4.78 is 0. The van der Waals surface area contributed by atoms with Gasteiger partial charge in [-0.3, -0.25) is 19.7 Å². The van der Waals surface area contributed by atoms with E-state index in [1.807, 2.05) is 4.90 Å². The zero-order valence-electron chi connectivity index (χ0n) is 12.8. The highest BCUT2D eigenvalue weighted by atomic mass is 16.6. The van der Waals surface area contributed by atoms with Crippen LogP contribution in [0.3, 0.4) is 0 Å². The molecule has 1 aromatic rings. The molecule has 0 saturated carbocycles. The van der Waals surface area contributed by atoms with Gasteiger partial charge in [0, 0.05) is 25.6 Å². The number of hydrogen-bond donors (Lipinski definition) is 2. The molecule has 1 unspecified atom stereocenters. The third-order valence-corrected chi connectivity index (χ3v) is 4.05. The van der Waals surface area contributed by atoms with Gasteiger partial charge in [0.15, 0.2) is 0 Å². The summed E-state index contributed by atoms with van der Waals surface area (Å²) in [5, 5.41) is 22.5. The van der Waals surface area contributed by atoms with Crippen LogP contribution in [0.1, 0.15) is 18.4 Å². The van der Waals surface area contributed by atoms with Crippen LogP contribution in [0.2, 0.25) is 0 Å². The van der Waals surface area contributed by atoms with Gasteiger partial charge in [0.2, 0.25) is 5.91 Å². The van der Waals surface area contributed by atoms with Gasteiger partial charge in [0.05, 0.1) is 22.1 Å². The van der Waals surface area contributed by atoms with Crippen LogP contribution >= 0.6 is 0 Å². The molecule has 0 radical (unpaired) electrons. The Balaban J connectivity index is 1.87. The third-order valence-electron chi connectivity index (χ3n) is 4.05. The summed E-state index contributed by atoms with van der Waals surface area (Å²) in [7, 11) is 0. The Hall–Kier alpha value is -2.48. The van der Waals surface area contributed by atoms with Gasteiger partial charge >= 0.3 is 5.97 Å². The fourth-order valence-electron chi connectivity index (χ4n) is 2.67. The quantitative estimate of drug-likeness (QED) is 0.608. The zero-order chi connectivity index (χ0) is 17.0. The molecule has 1 saturated heterocycles. The first kappa shape index (κ1) is 16.9. The number of amides is 1. The molecule has 8 heteroatoms. The lowest BCUT2D eigenvalue weighted by atomic mass is 10.1. The maximum atomic E-state index is 12.0. The Kier molecular flexibility index (Phi) is 5.28. The first-order chi connectivity index (χ1) is 10.9. The van der Waals surface area contributed by atoms with E-state index in [9.17, 15) is 19.7 Å². The number of benzene rings is 1. The Labute approximate surface area is 133 Å². The summed E-state index contributed by atoms with van der Waals surface area (Å²) in [4.78, 5) is 35.2. The number of nitrogens with one attached hydrogen (secondary N) is 1. The molecule has 2 N–H and O–H groups in total. The lowest BCUT2D eigenvalue weighted by molar-refractivity contribution is -0.385. The second-order valence-corrected chi connectivity index (χ2v) is 5.63. The second-order valence-electron chi connectivity index (χ2n) is 5.63. The van der Waals surface area contributed by atoms with Crippen molar-refractivity contribution in [2.24, 2.45) is 5.92 Å². The highest BCUT2D eigenvalue weighted by Crippen LogP contribution is 2.25. The molecule has 1 atom stereocenters. The van der Waals surface area contributed by atoms with Crippen molar-refractivity contribution < 1.29 is 19.6 Å². The lowest BCUT2D eigenvalue weighted by Crippen LogP contribution is -2.27. The van der Waals surface area contributed by atoms with Gasteiger partial charge in [-0.1, -0.05) is 6.07 Å². The van der Waals surface area contributed by atoms with Crippen LogP contribution in [0.25, 0.3) is 0 Å². The number of nitro benzene ring substituents is 1. The second kappa shape index (κ2) is 7.19. The van der Waals surface area contributed by atoms with Gasteiger partial charge < -0.3 is 15.3 Å². The molecule has 1 aromatic carbocycles. The molecular weight excluding hydrogens is 302 g/mol. The molecule has 1 amide bonds. The van der Waals surface area contributed by atoms with E-state index in [0.717, 1.165) is 0 Å². The van der Waals surface area contributed by atoms with Crippen LogP contribution in [-0.2, 0) is 9.59 Å². The van der Waals surface area contributed by atoms with E-state index in [0.29, 0.717) is 37.3 Å². The van der Waals surface area contributed by atoms with Crippen molar-refractivity contribution in [1.82, 2.24) is 4.90 Å². The molecule has 124 valence electrons. The molecule has 1 aliphatic rings. The topological polar surface area (TPSA) is 113 Å². The van der Waals surface area contributed by atoms with Crippen LogP contribution in [-0.4, -0.2) is 46.4 Å². The maximum Gasteiger partial charge on any atom is 0.307 e. The van der Waals surface area contributed by atoms with Gasteiger partial charge in [-0.05, 0) is 26.0 Å². The summed E-state index contributed by atoms with van der Waals surface area (Å²) in [6, 6.07) is 4.54. The van der Waals surface area contributed by atoms with E-state index >= 15 is 0 Å². The first-order valence-electron chi connectivity index (χ1n) is 7.37. The number of likely N-dealkylation sites (tertiary alicyclic amines) is 1. The van der Waals surface area contributed by atoms with E-state index in [-0.39, 0.29) is 23.9 Å². The van der Waals surface area contributed by atoms with Gasteiger partial charge in [-0.25, -0.2) is 0 Å².